The van der Waals surface area contributed by atoms with Crippen molar-refractivity contribution in [2.45, 2.75) is 44.5 Å². The van der Waals surface area contributed by atoms with Crippen molar-refractivity contribution in [2.75, 3.05) is 32.0 Å². The van der Waals surface area contributed by atoms with Gasteiger partial charge in [-0.15, -0.1) is 0 Å². The fourth-order valence-electron chi connectivity index (χ4n) is 2.10. The highest BCUT2D eigenvalue weighted by Crippen LogP contribution is 2.14. The molecule has 1 saturated heterocycles. The van der Waals surface area contributed by atoms with Gasteiger partial charge in [0.15, 0.2) is 9.84 Å². The lowest BCUT2D eigenvalue weighted by Gasteiger charge is -2.31. The van der Waals surface area contributed by atoms with E-state index in [4.69, 9.17) is 9.84 Å². The minimum Gasteiger partial charge on any atom is -0.481 e. The van der Waals surface area contributed by atoms with Crippen LogP contribution in [0.4, 0.5) is 0 Å². The van der Waals surface area contributed by atoms with Crippen molar-refractivity contribution in [1.29, 1.82) is 0 Å². The summed E-state index contributed by atoms with van der Waals surface area (Å²) in [5, 5.41) is 8.21. The van der Waals surface area contributed by atoms with E-state index in [-0.39, 0.29) is 30.1 Å². The largest absolute Gasteiger partial charge is 0.481 e. The molecule has 7 heteroatoms. The van der Waals surface area contributed by atoms with E-state index in [9.17, 15) is 13.2 Å². The maximum atomic E-state index is 11.7. The van der Waals surface area contributed by atoms with Crippen LogP contribution in [0.1, 0.15) is 33.1 Å². The first-order chi connectivity index (χ1) is 9.31. The van der Waals surface area contributed by atoms with Crippen LogP contribution in [0.25, 0.3) is 0 Å². The highest BCUT2D eigenvalue weighted by atomic mass is 32.2. The number of hydrogen-bond donors (Lipinski definition) is 1. The maximum absolute atomic E-state index is 11.7. The number of hydrogen-bond acceptors (Lipinski definition) is 5. The Morgan fingerprint density at radius 3 is 2.45 bits per heavy atom. The van der Waals surface area contributed by atoms with Crippen molar-refractivity contribution in [3.05, 3.63) is 0 Å². The fraction of sp³-hybridized carbons (Fsp3) is 0.923. The van der Waals surface area contributed by atoms with Crippen molar-refractivity contribution >= 4 is 15.8 Å². The van der Waals surface area contributed by atoms with Crippen LogP contribution in [-0.4, -0.2) is 67.7 Å². The zero-order chi connectivity index (χ0) is 15.2. The lowest BCUT2D eigenvalue weighted by molar-refractivity contribution is -0.138. The Morgan fingerprint density at radius 2 is 1.95 bits per heavy atom. The molecular formula is C13H25NO5S. The lowest BCUT2D eigenvalue weighted by Crippen LogP contribution is -2.40. The third kappa shape index (κ3) is 6.19. The molecule has 1 N–H and O–H groups in total. The lowest BCUT2D eigenvalue weighted by atomic mass is 10.1. The molecule has 0 saturated carbocycles. The van der Waals surface area contributed by atoms with Crippen LogP contribution in [0.5, 0.6) is 0 Å². The van der Waals surface area contributed by atoms with Gasteiger partial charge in [0.1, 0.15) is 0 Å². The quantitative estimate of drug-likeness (QED) is 0.713. The smallest absolute Gasteiger partial charge is 0.305 e. The number of ether oxygens (including phenoxy) is 1. The second-order valence-corrected chi connectivity index (χ2v) is 8.15. The summed E-state index contributed by atoms with van der Waals surface area (Å²) in [6.45, 7) is 5.86. The summed E-state index contributed by atoms with van der Waals surface area (Å²) in [5.74, 6) is -0.642. The molecule has 0 bridgehead atoms. The standard InChI is InChI=1S/C13H25NO5S/c1-11(2)20(17,18)10-8-14-6-3-12(4-7-14)19-9-5-13(15)16/h11-12H,3-10H2,1-2H3,(H,15,16). The van der Waals surface area contributed by atoms with E-state index in [1.807, 2.05) is 0 Å². The number of rotatable bonds is 8. The molecular weight excluding hydrogens is 282 g/mol. The zero-order valence-corrected chi connectivity index (χ0v) is 13.1. The minimum absolute atomic E-state index is 0.0346. The third-order valence-electron chi connectivity index (χ3n) is 3.61. The van der Waals surface area contributed by atoms with Crippen LogP contribution in [0.2, 0.25) is 0 Å². The van der Waals surface area contributed by atoms with Crippen LogP contribution in [0, 0.1) is 0 Å². The van der Waals surface area contributed by atoms with Crippen molar-refractivity contribution in [3.8, 4) is 0 Å². The number of carbonyl (C=O) groups is 1. The number of aliphatic carboxylic acids is 1. The Labute approximate surface area is 121 Å². The highest BCUT2D eigenvalue weighted by molar-refractivity contribution is 7.92. The molecule has 0 atom stereocenters. The molecule has 1 aliphatic rings. The van der Waals surface area contributed by atoms with Crippen LogP contribution in [0.15, 0.2) is 0 Å². The number of sulfone groups is 1. The Bertz CT molecular complexity index is 399. The normalized spacial score (nSPS) is 18.6. The first-order valence-corrected chi connectivity index (χ1v) is 8.80. The summed E-state index contributed by atoms with van der Waals surface area (Å²) in [6, 6.07) is 0. The van der Waals surface area contributed by atoms with Crippen LogP contribution in [-0.2, 0) is 19.4 Å². The molecule has 1 aliphatic heterocycles. The highest BCUT2D eigenvalue weighted by Gasteiger charge is 2.22. The molecule has 20 heavy (non-hydrogen) atoms. The molecule has 6 nitrogen and oxygen atoms in total. The Balaban J connectivity index is 2.21. The first kappa shape index (κ1) is 17.4. The van der Waals surface area contributed by atoms with Gasteiger partial charge in [0.05, 0.1) is 30.1 Å². The average Bonchev–Trinajstić information content (AvgIpc) is 2.37. The summed E-state index contributed by atoms with van der Waals surface area (Å²) < 4.78 is 29.0. The van der Waals surface area contributed by atoms with Crippen molar-refractivity contribution in [3.63, 3.8) is 0 Å². The molecule has 0 aromatic rings. The number of carboxylic acid groups (broad SMARTS) is 1. The molecule has 0 amide bonds. The molecule has 0 spiro atoms. The average molecular weight is 307 g/mol. The molecule has 0 aromatic heterocycles. The van der Waals surface area contributed by atoms with E-state index in [1.165, 1.54) is 0 Å². The van der Waals surface area contributed by atoms with Crippen LogP contribution in [0.3, 0.4) is 0 Å². The minimum atomic E-state index is -2.97. The first-order valence-electron chi connectivity index (χ1n) is 7.08. The van der Waals surface area contributed by atoms with E-state index < -0.39 is 15.8 Å². The second kappa shape index (κ2) is 7.95. The molecule has 0 aliphatic carbocycles. The second-order valence-electron chi connectivity index (χ2n) is 5.47. The van der Waals surface area contributed by atoms with E-state index in [1.54, 1.807) is 13.8 Å². The summed E-state index contributed by atoms with van der Waals surface area (Å²) in [6.07, 6.45) is 1.81. The zero-order valence-electron chi connectivity index (χ0n) is 12.2. The van der Waals surface area contributed by atoms with Gasteiger partial charge in [-0.1, -0.05) is 0 Å². The Kier molecular flexibility index (Phi) is 6.91. The van der Waals surface area contributed by atoms with Gasteiger partial charge in [0.2, 0.25) is 0 Å². The number of likely N-dealkylation sites (tertiary alicyclic amines) is 1. The molecule has 0 unspecified atom stereocenters. The SMILES string of the molecule is CC(C)S(=O)(=O)CCN1CCC(OCCC(=O)O)CC1. The molecule has 1 fully saturated rings. The molecule has 1 rings (SSSR count). The van der Waals surface area contributed by atoms with Gasteiger partial charge in [-0.3, -0.25) is 4.79 Å². The fourth-order valence-corrected chi connectivity index (χ4v) is 3.09. The summed E-state index contributed by atoms with van der Waals surface area (Å²) in [5.41, 5.74) is 0. The summed E-state index contributed by atoms with van der Waals surface area (Å²) >= 11 is 0. The van der Waals surface area contributed by atoms with Gasteiger partial charge in [-0.25, -0.2) is 8.42 Å². The molecule has 0 aromatic carbocycles. The van der Waals surface area contributed by atoms with Gasteiger partial charge in [-0.2, -0.15) is 0 Å². The summed E-state index contributed by atoms with van der Waals surface area (Å²) in [7, 11) is -2.97. The van der Waals surface area contributed by atoms with Gasteiger partial charge < -0.3 is 14.7 Å². The van der Waals surface area contributed by atoms with E-state index in [2.05, 4.69) is 4.90 Å². The van der Waals surface area contributed by atoms with Gasteiger partial charge in [-0.05, 0) is 26.7 Å². The number of piperidine rings is 1. The number of nitrogens with zero attached hydrogens (tertiary/aromatic N) is 1. The predicted molar refractivity (Wildman–Crippen MR) is 76.6 cm³/mol. The molecule has 118 valence electrons. The predicted octanol–water partition coefficient (Wildman–Crippen LogP) is 0.765. The third-order valence-corrected chi connectivity index (χ3v) is 5.80. The van der Waals surface area contributed by atoms with E-state index >= 15 is 0 Å². The van der Waals surface area contributed by atoms with Crippen LogP contribution >= 0.6 is 0 Å². The van der Waals surface area contributed by atoms with Crippen molar-refractivity contribution in [1.82, 2.24) is 4.90 Å². The summed E-state index contributed by atoms with van der Waals surface area (Å²) in [4.78, 5) is 12.5. The number of carboxylic acids is 1. The van der Waals surface area contributed by atoms with E-state index in [0.29, 0.717) is 6.54 Å². The topological polar surface area (TPSA) is 83.9 Å². The Morgan fingerprint density at radius 1 is 1.35 bits per heavy atom. The maximum Gasteiger partial charge on any atom is 0.305 e. The van der Waals surface area contributed by atoms with Gasteiger partial charge in [0.25, 0.3) is 0 Å². The van der Waals surface area contributed by atoms with E-state index in [0.717, 1.165) is 25.9 Å². The monoisotopic (exact) mass is 307 g/mol. The van der Waals surface area contributed by atoms with Crippen molar-refractivity contribution in [2.24, 2.45) is 0 Å². The Hall–Kier alpha value is -0.660. The van der Waals surface area contributed by atoms with Gasteiger partial charge in [0, 0.05) is 19.6 Å². The molecule has 1 heterocycles. The molecule has 0 radical (unpaired) electrons. The van der Waals surface area contributed by atoms with Crippen molar-refractivity contribution < 1.29 is 23.1 Å². The van der Waals surface area contributed by atoms with Gasteiger partial charge >= 0.3 is 5.97 Å². The van der Waals surface area contributed by atoms with Crippen LogP contribution < -0.4 is 0 Å².